The molecule has 0 atom stereocenters. The van der Waals surface area contributed by atoms with Crippen LogP contribution >= 0.6 is 34.5 Å². The number of hydrogen-bond acceptors (Lipinski definition) is 2. The predicted molar refractivity (Wildman–Crippen MR) is 99.6 cm³/mol. The van der Waals surface area contributed by atoms with Gasteiger partial charge in [-0.3, -0.25) is 0 Å². The van der Waals surface area contributed by atoms with E-state index in [0.717, 1.165) is 21.7 Å². The summed E-state index contributed by atoms with van der Waals surface area (Å²) in [7, 11) is 0. The van der Waals surface area contributed by atoms with Gasteiger partial charge in [0.25, 0.3) is 0 Å². The fraction of sp³-hybridized carbons (Fsp3) is 0.0556. The molecule has 5 heteroatoms. The second-order valence-corrected chi connectivity index (χ2v) is 6.53. The van der Waals surface area contributed by atoms with Gasteiger partial charge in [-0.2, -0.15) is 0 Å². The molecule has 1 heterocycles. The molecule has 0 amide bonds. The molecule has 3 rings (SSSR count). The number of benzene rings is 2. The number of nitrogens with zero attached hydrogens (tertiary/aromatic N) is 2. The van der Waals surface area contributed by atoms with Crippen LogP contribution in [0, 0.1) is 0 Å². The zero-order chi connectivity index (χ0) is 16.2. The van der Waals surface area contributed by atoms with Crippen LogP contribution in [0.4, 0.5) is 5.69 Å². The lowest BCUT2D eigenvalue weighted by molar-refractivity contribution is 0.800. The third kappa shape index (κ3) is 3.58. The predicted octanol–water partition coefficient (Wildman–Crippen LogP) is 5.94. The van der Waals surface area contributed by atoms with Gasteiger partial charge in [0.2, 0.25) is 0 Å². The van der Waals surface area contributed by atoms with Gasteiger partial charge in [0.15, 0.2) is 4.80 Å². The molecule has 0 saturated heterocycles. The van der Waals surface area contributed by atoms with Gasteiger partial charge in [-0.25, -0.2) is 4.99 Å². The summed E-state index contributed by atoms with van der Waals surface area (Å²) in [6.07, 6.45) is 1.86. The minimum atomic E-state index is 0.544. The summed E-state index contributed by atoms with van der Waals surface area (Å²) in [5.74, 6) is 0. The zero-order valence-electron chi connectivity index (χ0n) is 12.2. The minimum absolute atomic E-state index is 0.544. The maximum Gasteiger partial charge on any atom is 0.190 e. The topological polar surface area (TPSA) is 17.3 Å². The Bertz CT molecular complexity index is 895. The Balaban J connectivity index is 2.14. The second kappa shape index (κ2) is 7.18. The summed E-state index contributed by atoms with van der Waals surface area (Å²) in [5.41, 5.74) is 2.98. The number of hydrogen-bond donors (Lipinski definition) is 0. The molecule has 116 valence electrons. The molecule has 2 nitrogen and oxygen atoms in total. The van der Waals surface area contributed by atoms with Crippen molar-refractivity contribution in [3.63, 3.8) is 0 Å². The summed E-state index contributed by atoms with van der Waals surface area (Å²) in [5, 5.41) is 3.17. The molecule has 0 aliphatic rings. The Labute approximate surface area is 149 Å². The molecule has 0 spiro atoms. The van der Waals surface area contributed by atoms with Gasteiger partial charge in [-0.05, 0) is 24.3 Å². The average Bonchev–Trinajstić information content (AvgIpc) is 2.94. The van der Waals surface area contributed by atoms with E-state index < -0.39 is 0 Å². The van der Waals surface area contributed by atoms with Crippen molar-refractivity contribution in [3.8, 4) is 11.3 Å². The molecule has 1 aromatic heterocycles. The molecule has 23 heavy (non-hydrogen) atoms. The first-order valence-electron chi connectivity index (χ1n) is 7.03. The first-order valence-corrected chi connectivity index (χ1v) is 8.67. The summed E-state index contributed by atoms with van der Waals surface area (Å²) in [6.45, 7) is 4.52. The highest BCUT2D eigenvalue weighted by atomic mass is 35.5. The lowest BCUT2D eigenvalue weighted by Gasteiger charge is -2.07. The summed E-state index contributed by atoms with van der Waals surface area (Å²) < 4.78 is 2.12. The lowest BCUT2D eigenvalue weighted by Crippen LogP contribution is -2.14. The Morgan fingerprint density at radius 2 is 1.87 bits per heavy atom. The number of allylic oxidation sites excluding steroid dienone is 1. The fourth-order valence-corrected chi connectivity index (χ4v) is 3.46. The SMILES string of the molecule is C=CCn1c(-c2ccc(Cl)c(Cl)c2)csc1=Nc1ccccc1. The highest BCUT2D eigenvalue weighted by Crippen LogP contribution is 2.29. The number of halogens is 2. The molecule has 0 fully saturated rings. The summed E-state index contributed by atoms with van der Waals surface area (Å²) in [6, 6.07) is 15.5. The van der Waals surface area contributed by atoms with Crippen LogP contribution in [0.2, 0.25) is 10.0 Å². The van der Waals surface area contributed by atoms with E-state index in [1.807, 2.05) is 54.6 Å². The van der Waals surface area contributed by atoms with E-state index in [9.17, 15) is 0 Å². The van der Waals surface area contributed by atoms with Crippen LogP contribution in [0.15, 0.2) is 71.6 Å². The second-order valence-electron chi connectivity index (χ2n) is 4.88. The van der Waals surface area contributed by atoms with Crippen LogP contribution in [0.5, 0.6) is 0 Å². The smallest absolute Gasteiger partial charge is 0.190 e. The van der Waals surface area contributed by atoms with Crippen LogP contribution in [0.25, 0.3) is 11.3 Å². The third-order valence-electron chi connectivity index (χ3n) is 3.31. The molecule has 0 saturated carbocycles. The number of thiazole rings is 1. The third-order valence-corrected chi connectivity index (χ3v) is 4.91. The van der Waals surface area contributed by atoms with Gasteiger partial charge in [0, 0.05) is 17.5 Å². The minimum Gasteiger partial charge on any atom is -0.313 e. The van der Waals surface area contributed by atoms with E-state index in [2.05, 4.69) is 16.5 Å². The quantitative estimate of drug-likeness (QED) is 0.512. The van der Waals surface area contributed by atoms with Crippen molar-refractivity contribution >= 4 is 40.2 Å². The Hall–Kier alpha value is -1.81. The molecule has 0 radical (unpaired) electrons. The van der Waals surface area contributed by atoms with E-state index >= 15 is 0 Å². The molecule has 0 unspecified atom stereocenters. The molecule has 0 aliphatic heterocycles. The molecule has 0 bridgehead atoms. The zero-order valence-corrected chi connectivity index (χ0v) is 14.6. The van der Waals surface area contributed by atoms with Crippen LogP contribution in [-0.4, -0.2) is 4.57 Å². The van der Waals surface area contributed by atoms with Crippen molar-refractivity contribution in [2.45, 2.75) is 6.54 Å². The van der Waals surface area contributed by atoms with E-state index in [1.54, 1.807) is 11.3 Å². The van der Waals surface area contributed by atoms with Crippen molar-refractivity contribution < 1.29 is 0 Å². The van der Waals surface area contributed by atoms with Gasteiger partial charge >= 0.3 is 0 Å². The number of aromatic nitrogens is 1. The van der Waals surface area contributed by atoms with Crippen LogP contribution < -0.4 is 4.80 Å². The van der Waals surface area contributed by atoms with E-state index in [1.165, 1.54) is 0 Å². The Morgan fingerprint density at radius 3 is 2.57 bits per heavy atom. The highest BCUT2D eigenvalue weighted by molar-refractivity contribution is 7.07. The van der Waals surface area contributed by atoms with Crippen molar-refractivity contribution in [2.24, 2.45) is 4.99 Å². The van der Waals surface area contributed by atoms with Crippen molar-refractivity contribution in [1.29, 1.82) is 0 Å². The summed E-state index contributed by atoms with van der Waals surface area (Å²) >= 11 is 13.7. The maximum atomic E-state index is 6.15. The first-order chi connectivity index (χ1) is 11.2. The van der Waals surface area contributed by atoms with Crippen molar-refractivity contribution in [2.75, 3.05) is 0 Å². The van der Waals surface area contributed by atoms with E-state index in [0.29, 0.717) is 16.6 Å². The van der Waals surface area contributed by atoms with Crippen LogP contribution in [-0.2, 0) is 6.54 Å². The van der Waals surface area contributed by atoms with E-state index in [4.69, 9.17) is 28.2 Å². The van der Waals surface area contributed by atoms with Crippen molar-refractivity contribution in [1.82, 2.24) is 4.57 Å². The van der Waals surface area contributed by atoms with E-state index in [-0.39, 0.29) is 0 Å². The molecule has 0 N–H and O–H groups in total. The Morgan fingerprint density at radius 1 is 1.09 bits per heavy atom. The lowest BCUT2D eigenvalue weighted by atomic mass is 10.2. The standard InChI is InChI=1S/C18H14Cl2N2S/c1-2-10-22-17(13-8-9-15(19)16(20)11-13)12-23-18(22)21-14-6-4-3-5-7-14/h2-9,11-12H,1,10H2. The Kier molecular flexibility index (Phi) is 5.01. The van der Waals surface area contributed by atoms with Gasteiger partial charge in [0.1, 0.15) is 0 Å². The number of para-hydroxylation sites is 1. The molecule has 3 aromatic rings. The molecule has 0 aliphatic carbocycles. The monoisotopic (exact) mass is 360 g/mol. The van der Waals surface area contributed by atoms with Gasteiger partial charge in [-0.1, -0.05) is 53.5 Å². The van der Waals surface area contributed by atoms with Crippen LogP contribution in [0.1, 0.15) is 0 Å². The number of rotatable bonds is 4. The van der Waals surface area contributed by atoms with Gasteiger partial charge in [0.05, 0.1) is 21.4 Å². The fourth-order valence-electron chi connectivity index (χ4n) is 2.22. The summed E-state index contributed by atoms with van der Waals surface area (Å²) in [4.78, 5) is 5.63. The molecule has 2 aromatic carbocycles. The van der Waals surface area contributed by atoms with Crippen molar-refractivity contribution in [3.05, 3.63) is 81.4 Å². The average molecular weight is 361 g/mol. The van der Waals surface area contributed by atoms with Crippen LogP contribution in [0.3, 0.4) is 0 Å². The highest BCUT2D eigenvalue weighted by Gasteiger charge is 2.09. The molecular formula is C18H14Cl2N2S. The molecular weight excluding hydrogens is 347 g/mol. The largest absolute Gasteiger partial charge is 0.313 e. The van der Waals surface area contributed by atoms with Gasteiger partial charge < -0.3 is 4.57 Å². The normalized spacial score (nSPS) is 11.7. The first kappa shape index (κ1) is 16.1. The maximum absolute atomic E-state index is 6.15. The van der Waals surface area contributed by atoms with Gasteiger partial charge in [-0.15, -0.1) is 17.9 Å².